The summed E-state index contributed by atoms with van der Waals surface area (Å²) >= 11 is 0. The number of rotatable bonds is 0. The van der Waals surface area contributed by atoms with Gasteiger partial charge in [-0.15, -0.1) is 0 Å². The second-order valence-electron chi connectivity index (χ2n) is 0. The molecule has 0 spiro atoms. The van der Waals surface area contributed by atoms with Gasteiger partial charge in [0.15, 0.2) is 0 Å². The molecule has 0 nitrogen and oxygen atoms in total. The van der Waals surface area contributed by atoms with E-state index in [-0.39, 0.29) is 58.3 Å². The summed E-state index contributed by atoms with van der Waals surface area (Å²) in [6.07, 6.45) is 0. The Hall–Kier alpha value is 1.75. The van der Waals surface area contributed by atoms with Gasteiger partial charge < -0.3 is 0 Å². The van der Waals surface area contributed by atoms with Crippen LogP contribution in [0.1, 0.15) is 7.43 Å². The fraction of sp³-hybridized carbons (Fsp3) is 1.00. The first-order chi connectivity index (χ1) is 0. The summed E-state index contributed by atoms with van der Waals surface area (Å²) in [7, 11) is 0. The molecule has 0 aromatic rings. The Bertz CT molecular complexity index is 8.00. The number of hydrogen-bond donors (Lipinski definition) is 0. The summed E-state index contributed by atoms with van der Waals surface area (Å²) in [6, 6.07) is 0. The summed E-state index contributed by atoms with van der Waals surface area (Å²) in [4.78, 5) is 0. The Morgan fingerprint density at radius 2 is 1.00 bits per heavy atom. The van der Waals surface area contributed by atoms with Crippen molar-refractivity contribution in [2.75, 3.05) is 0 Å². The molecule has 1 atom stereocenters. The van der Waals surface area contributed by atoms with E-state index in [1.165, 1.54) is 0 Å². The molecule has 1 unspecified atom stereocenters. The van der Waals surface area contributed by atoms with Crippen molar-refractivity contribution in [3.05, 3.63) is 0 Å². The van der Waals surface area contributed by atoms with E-state index in [1.807, 2.05) is 0 Å². The molecule has 0 saturated heterocycles. The summed E-state index contributed by atoms with van der Waals surface area (Å²) in [5, 5.41) is 0. The third-order valence-electron chi connectivity index (χ3n) is 0. The molecule has 0 saturated carbocycles. The van der Waals surface area contributed by atoms with Crippen LogP contribution in [0.2, 0.25) is 0 Å². The summed E-state index contributed by atoms with van der Waals surface area (Å²) in [5.41, 5.74) is 0. The molecular formula is CH7CuPSn. The van der Waals surface area contributed by atoms with Crippen LogP contribution in [0.5, 0.6) is 0 Å². The van der Waals surface area contributed by atoms with Crippen molar-refractivity contribution in [1.29, 1.82) is 0 Å². The largest absolute Gasteiger partial charge is 0.153 e. The van der Waals surface area contributed by atoms with E-state index in [4.69, 9.17) is 0 Å². The van der Waals surface area contributed by atoms with Crippen LogP contribution in [-0.4, -0.2) is 23.9 Å². The minimum atomic E-state index is 0. The van der Waals surface area contributed by atoms with E-state index in [0.717, 1.165) is 0 Å². The van der Waals surface area contributed by atoms with E-state index in [0.29, 0.717) is 0 Å². The van der Waals surface area contributed by atoms with Crippen molar-refractivity contribution in [3.8, 4) is 0 Å². The average Bonchev–Trinajstić information content (AvgIpc) is 0. The first-order valence-corrected chi connectivity index (χ1v) is 0. The maximum absolute atomic E-state index is 0. The van der Waals surface area contributed by atoms with Crippen molar-refractivity contribution >= 4 is 33.8 Å². The molecule has 0 aromatic carbocycles. The molecule has 0 amide bonds. The van der Waals surface area contributed by atoms with Gasteiger partial charge in [-0.2, -0.15) is 9.90 Å². The zero-order valence-corrected chi connectivity index (χ0v) is 6.72. The maximum atomic E-state index is 0. The smallest absolute Gasteiger partial charge is 0 e. The fourth-order valence-corrected chi connectivity index (χ4v) is 0. The van der Waals surface area contributed by atoms with Gasteiger partial charge in [-0.1, -0.05) is 7.43 Å². The van der Waals surface area contributed by atoms with Crippen LogP contribution in [0.4, 0.5) is 0 Å². The Balaban J connectivity index is 0. The third-order valence-corrected chi connectivity index (χ3v) is 0. The second-order valence-corrected chi connectivity index (χ2v) is 0. The molecule has 3 heteroatoms. The molecule has 0 aromatic heterocycles. The predicted molar refractivity (Wildman–Crippen MR) is 23.6 cm³/mol. The summed E-state index contributed by atoms with van der Waals surface area (Å²) in [5.74, 6) is 0. The normalized spacial score (nSPS) is 0. The van der Waals surface area contributed by atoms with Crippen molar-refractivity contribution in [3.63, 3.8) is 0 Å². The first kappa shape index (κ1) is 42.4. The van der Waals surface area contributed by atoms with Crippen molar-refractivity contribution in [2.24, 2.45) is 0 Å². The van der Waals surface area contributed by atoms with Gasteiger partial charge in [0.25, 0.3) is 0 Å². The first-order valence-electron chi connectivity index (χ1n) is 0. The monoisotopic (exact) mass is 233 g/mol. The van der Waals surface area contributed by atoms with E-state index in [2.05, 4.69) is 0 Å². The Morgan fingerprint density at radius 3 is 1.00 bits per heavy atom. The molecule has 0 aliphatic carbocycles. The zero-order valence-electron chi connectivity index (χ0n) is 1.51. The summed E-state index contributed by atoms with van der Waals surface area (Å²) in [6.45, 7) is 0. The molecular weight excluding hydrogens is 225 g/mol. The third kappa shape index (κ3) is 9.26. The molecule has 0 aliphatic rings. The minimum absolute atomic E-state index is 0. The van der Waals surface area contributed by atoms with Crippen LogP contribution in [0.25, 0.3) is 0 Å². The topological polar surface area (TPSA) is 0 Å². The Labute approximate surface area is 58.2 Å². The standard InChI is InChI=1S/CH4.Cu.H3P.Sn/h1H4;;1H3;. The van der Waals surface area contributed by atoms with Crippen LogP contribution >= 0.6 is 9.90 Å². The summed E-state index contributed by atoms with van der Waals surface area (Å²) < 4.78 is 0. The molecule has 0 rings (SSSR count). The van der Waals surface area contributed by atoms with Crippen molar-refractivity contribution in [2.45, 2.75) is 7.43 Å². The van der Waals surface area contributed by atoms with Gasteiger partial charge in [0.05, 0.1) is 0 Å². The molecule has 0 aliphatic heterocycles. The van der Waals surface area contributed by atoms with Crippen LogP contribution in [0.15, 0.2) is 0 Å². The molecule has 31 valence electrons. The van der Waals surface area contributed by atoms with Crippen molar-refractivity contribution in [1.82, 2.24) is 0 Å². The van der Waals surface area contributed by atoms with Crippen LogP contribution < -0.4 is 0 Å². The molecule has 0 heterocycles. The predicted octanol–water partition coefficient (Wildman–Crippen LogP) is 0.311. The van der Waals surface area contributed by atoms with Crippen LogP contribution in [-0.2, 0) is 17.1 Å². The maximum Gasteiger partial charge on any atom is 0 e. The van der Waals surface area contributed by atoms with Crippen LogP contribution in [0.3, 0.4) is 0 Å². The van der Waals surface area contributed by atoms with Crippen LogP contribution in [0, 0.1) is 0 Å². The van der Waals surface area contributed by atoms with Gasteiger partial charge in [0.2, 0.25) is 0 Å². The average molecular weight is 232 g/mol. The minimum Gasteiger partial charge on any atom is -0.153 e. The van der Waals surface area contributed by atoms with E-state index in [1.54, 1.807) is 0 Å². The molecule has 0 bridgehead atoms. The molecule has 5 radical (unpaired) electrons. The quantitative estimate of drug-likeness (QED) is 0.416. The SMILES string of the molecule is C.P.[Cu].[Sn]. The van der Waals surface area contributed by atoms with E-state index in [9.17, 15) is 0 Å². The van der Waals surface area contributed by atoms with Gasteiger partial charge in [0, 0.05) is 41.0 Å². The Morgan fingerprint density at radius 1 is 1.00 bits per heavy atom. The van der Waals surface area contributed by atoms with Gasteiger partial charge >= 0.3 is 0 Å². The second kappa shape index (κ2) is 21.8. The molecule has 0 fully saturated rings. The fourth-order valence-electron chi connectivity index (χ4n) is 0. The zero-order chi connectivity index (χ0) is 0. The van der Waals surface area contributed by atoms with Gasteiger partial charge in [0.1, 0.15) is 0 Å². The molecule has 0 N–H and O–H groups in total. The Kier molecular flexibility index (Phi) is 231. The van der Waals surface area contributed by atoms with Gasteiger partial charge in [-0.25, -0.2) is 0 Å². The van der Waals surface area contributed by atoms with E-state index >= 15 is 0 Å². The molecule has 4 heavy (non-hydrogen) atoms. The van der Waals surface area contributed by atoms with Gasteiger partial charge in [-0.05, 0) is 0 Å². The van der Waals surface area contributed by atoms with Gasteiger partial charge in [-0.3, -0.25) is 0 Å². The van der Waals surface area contributed by atoms with Crippen molar-refractivity contribution < 1.29 is 17.1 Å². The van der Waals surface area contributed by atoms with E-state index < -0.39 is 0 Å². The number of hydrogen-bond acceptors (Lipinski definition) is 0.